The Bertz CT molecular complexity index is 724. The highest BCUT2D eigenvalue weighted by Crippen LogP contribution is 2.48. The molecule has 1 aromatic carbocycles. The Balaban J connectivity index is 1.55. The molecule has 4 rings (SSSR count). The van der Waals surface area contributed by atoms with Gasteiger partial charge in [0.25, 0.3) is 0 Å². The van der Waals surface area contributed by atoms with Crippen molar-refractivity contribution in [2.24, 2.45) is 23.5 Å². The second kappa shape index (κ2) is 5.49. The monoisotopic (exact) mass is 311 g/mol. The van der Waals surface area contributed by atoms with Gasteiger partial charge in [-0.3, -0.25) is 4.79 Å². The quantitative estimate of drug-likeness (QED) is 0.913. The molecule has 1 amide bonds. The van der Waals surface area contributed by atoms with E-state index in [1.165, 1.54) is 6.42 Å². The second-order valence-corrected chi connectivity index (χ2v) is 6.79. The molecule has 0 spiro atoms. The van der Waals surface area contributed by atoms with Gasteiger partial charge >= 0.3 is 0 Å². The summed E-state index contributed by atoms with van der Waals surface area (Å²) >= 11 is 0. The maximum absolute atomic E-state index is 12.7. The summed E-state index contributed by atoms with van der Waals surface area (Å²) in [4.78, 5) is 16.9. The first kappa shape index (κ1) is 14.5. The van der Waals surface area contributed by atoms with Crippen molar-refractivity contribution in [3.63, 3.8) is 0 Å². The molecule has 3 N–H and O–H groups in total. The lowest BCUT2D eigenvalue weighted by molar-refractivity contribution is -0.121. The Morgan fingerprint density at radius 2 is 2.17 bits per heavy atom. The number of oxazole rings is 1. The van der Waals surface area contributed by atoms with Crippen LogP contribution in [0.2, 0.25) is 0 Å². The van der Waals surface area contributed by atoms with Crippen molar-refractivity contribution in [2.45, 2.75) is 32.2 Å². The molecule has 4 unspecified atom stereocenters. The minimum Gasteiger partial charge on any atom is -0.445 e. The van der Waals surface area contributed by atoms with E-state index in [1.807, 2.05) is 25.1 Å². The number of anilines is 1. The van der Waals surface area contributed by atoms with Crippen LogP contribution in [0.25, 0.3) is 11.5 Å². The molecule has 2 fully saturated rings. The number of hydrogen-bond donors (Lipinski definition) is 2. The summed E-state index contributed by atoms with van der Waals surface area (Å²) < 4.78 is 5.37. The number of fused-ring (bicyclic) bond motifs is 2. The van der Waals surface area contributed by atoms with Gasteiger partial charge in [-0.1, -0.05) is 6.07 Å². The van der Waals surface area contributed by atoms with E-state index in [1.54, 1.807) is 12.5 Å². The fourth-order valence-electron chi connectivity index (χ4n) is 4.24. The van der Waals surface area contributed by atoms with Crippen molar-refractivity contribution in [2.75, 3.05) is 5.32 Å². The van der Waals surface area contributed by atoms with Gasteiger partial charge in [-0.05, 0) is 55.7 Å². The van der Waals surface area contributed by atoms with Gasteiger partial charge in [-0.15, -0.1) is 0 Å². The largest absolute Gasteiger partial charge is 0.445 e. The zero-order valence-electron chi connectivity index (χ0n) is 13.2. The van der Waals surface area contributed by atoms with Crippen molar-refractivity contribution in [1.82, 2.24) is 4.98 Å². The lowest BCUT2D eigenvalue weighted by Gasteiger charge is -2.27. The molecule has 2 aliphatic carbocycles. The van der Waals surface area contributed by atoms with Crippen LogP contribution in [0.5, 0.6) is 0 Å². The van der Waals surface area contributed by atoms with Crippen LogP contribution in [0, 0.1) is 24.7 Å². The van der Waals surface area contributed by atoms with Gasteiger partial charge in [0.2, 0.25) is 11.8 Å². The van der Waals surface area contributed by atoms with E-state index < -0.39 is 0 Å². The Morgan fingerprint density at radius 1 is 1.35 bits per heavy atom. The van der Waals surface area contributed by atoms with Crippen LogP contribution < -0.4 is 11.1 Å². The number of hydrogen-bond acceptors (Lipinski definition) is 4. The normalized spacial score (nSPS) is 29.0. The van der Waals surface area contributed by atoms with E-state index >= 15 is 0 Å². The molecule has 1 aromatic heterocycles. The number of nitrogens with two attached hydrogens (primary N) is 1. The first-order valence-electron chi connectivity index (χ1n) is 8.20. The van der Waals surface area contributed by atoms with Crippen LogP contribution in [0.1, 0.15) is 24.8 Å². The predicted octanol–water partition coefficient (Wildman–Crippen LogP) is 2.96. The summed E-state index contributed by atoms with van der Waals surface area (Å²) in [5.41, 5.74) is 8.98. The predicted molar refractivity (Wildman–Crippen MR) is 87.6 cm³/mol. The molecule has 2 saturated carbocycles. The molecule has 2 aliphatic rings. The molecular weight excluding hydrogens is 290 g/mol. The van der Waals surface area contributed by atoms with Crippen LogP contribution in [0.15, 0.2) is 35.1 Å². The number of carbonyl (C=O) groups excluding carboxylic acids is 1. The van der Waals surface area contributed by atoms with E-state index in [4.69, 9.17) is 10.2 Å². The summed E-state index contributed by atoms with van der Waals surface area (Å²) in [6.45, 7) is 2.00. The van der Waals surface area contributed by atoms with Crippen LogP contribution in [-0.4, -0.2) is 16.9 Å². The summed E-state index contributed by atoms with van der Waals surface area (Å²) in [7, 11) is 0. The number of nitrogens with one attached hydrogen (secondary N) is 1. The second-order valence-electron chi connectivity index (χ2n) is 6.79. The van der Waals surface area contributed by atoms with Gasteiger partial charge in [-0.25, -0.2) is 4.98 Å². The maximum Gasteiger partial charge on any atom is 0.229 e. The van der Waals surface area contributed by atoms with Gasteiger partial charge in [0.05, 0.1) is 12.1 Å². The van der Waals surface area contributed by atoms with Gasteiger partial charge in [0, 0.05) is 17.3 Å². The van der Waals surface area contributed by atoms with Crippen molar-refractivity contribution in [1.29, 1.82) is 0 Å². The molecule has 1 heterocycles. The fourth-order valence-corrected chi connectivity index (χ4v) is 4.24. The molecule has 2 aromatic rings. The average Bonchev–Trinajstić information content (AvgIpc) is 3.25. The molecular formula is C18H21N3O2. The molecule has 2 bridgehead atoms. The van der Waals surface area contributed by atoms with E-state index in [2.05, 4.69) is 10.3 Å². The molecule has 0 saturated heterocycles. The lowest BCUT2D eigenvalue weighted by atomic mass is 9.84. The third-order valence-corrected chi connectivity index (χ3v) is 5.45. The molecule has 0 aliphatic heterocycles. The highest BCUT2D eigenvalue weighted by Gasteiger charge is 2.49. The third kappa shape index (κ3) is 2.45. The zero-order valence-corrected chi connectivity index (χ0v) is 13.2. The highest BCUT2D eigenvalue weighted by molar-refractivity contribution is 5.94. The number of amides is 1. The maximum atomic E-state index is 12.7. The average molecular weight is 311 g/mol. The van der Waals surface area contributed by atoms with E-state index in [0.717, 1.165) is 29.7 Å². The molecule has 23 heavy (non-hydrogen) atoms. The Kier molecular flexibility index (Phi) is 3.45. The van der Waals surface area contributed by atoms with Gasteiger partial charge in [0.1, 0.15) is 6.26 Å². The zero-order chi connectivity index (χ0) is 16.0. The van der Waals surface area contributed by atoms with Gasteiger partial charge in [-0.2, -0.15) is 0 Å². The summed E-state index contributed by atoms with van der Waals surface area (Å²) in [5.74, 6) is 1.53. The number of rotatable bonds is 3. The van der Waals surface area contributed by atoms with Gasteiger partial charge < -0.3 is 15.5 Å². The smallest absolute Gasteiger partial charge is 0.229 e. The van der Waals surface area contributed by atoms with Crippen molar-refractivity contribution in [3.8, 4) is 11.5 Å². The van der Waals surface area contributed by atoms with Crippen LogP contribution in [-0.2, 0) is 4.79 Å². The molecule has 0 radical (unpaired) electrons. The first-order valence-corrected chi connectivity index (χ1v) is 8.20. The third-order valence-electron chi connectivity index (χ3n) is 5.45. The summed E-state index contributed by atoms with van der Waals surface area (Å²) in [6, 6.07) is 5.80. The van der Waals surface area contributed by atoms with Gasteiger partial charge in [0.15, 0.2) is 0 Å². The number of carbonyl (C=O) groups is 1. The number of aromatic nitrogens is 1. The van der Waals surface area contributed by atoms with Crippen molar-refractivity contribution in [3.05, 3.63) is 36.2 Å². The topological polar surface area (TPSA) is 81.2 Å². The van der Waals surface area contributed by atoms with Crippen molar-refractivity contribution < 1.29 is 9.21 Å². The lowest BCUT2D eigenvalue weighted by Crippen LogP contribution is -2.42. The minimum atomic E-state index is -0.0553. The first-order chi connectivity index (χ1) is 11.1. The summed E-state index contributed by atoms with van der Waals surface area (Å²) in [6.07, 6.45) is 6.58. The number of nitrogens with zero attached hydrogens (tertiary/aromatic N) is 1. The number of aryl methyl sites for hydroxylation is 1. The fraction of sp³-hybridized carbons (Fsp3) is 0.444. The van der Waals surface area contributed by atoms with Crippen LogP contribution >= 0.6 is 0 Å². The number of benzene rings is 1. The molecule has 5 nitrogen and oxygen atoms in total. The highest BCUT2D eigenvalue weighted by atomic mass is 16.3. The summed E-state index contributed by atoms with van der Waals surface area (Å²) in [5, 5.41) is 3.04. The standard InChI is InChI=1S/C18H21N3O2/c1-10-2-5-13(9-14(10)18-20-6-7-23-18)21-17(22)15-11-3-4-12(8-11)16(15)19/h2,5-7,9,11-12,15-16H,3-4,8,19H2,1H3,(H,21,22). The van der Waals surface area contributed by atoms with E-state index in [9.17, 15) is 4.79 Å². The van der Waals surface area contributed by atoms with E-state index in [0.29, 0.717) is 17.7 Å². The molecule has 120 valence electrons. The van der Waals surface area contributed by atoms with Crippen LogP contribution in [0.3, 0.4) is 0 Å². The van der Waals surface area contributed by atoms with Crippen molar-refractivity contribution >= 4 is 11.6 Å². The van der Waals surface area contributed by atoms with Crippen LogP contribution in [0.4, 0.5) is 5.69 Å². The minimum absolute atomic E-state index is 0.00501. The molecule has 5 heteroatoms. The van der Waals surface area contributed by atoms with E-state index in [-0.39, 0.29) is 17.9 Å². The Labute approximate surface area is 135 Å². The SMILES string of the molecule is Cc1ccc(NC(=O)C2C3CCC(C3)C2N)cc1-c1ncco1. The molecule has 4 atom stereocenters. The Hall–Kier alpha value is -2.14. The Morgan fingerprint density at radius 3 is 2.87 bits per heavy atom.